The Bertz CT molecular complexity index is 1020. The third-order valence-electron chi connectivity index (χ3n) is 5.38. The van der Waals surface area contributed by atoms with Crippen LogP contribution in [-0.4, -0.2) is 24.0 Å². The third-order valence-corrected chi connectivity index (χ3v) is 5.38. The fourth-order valence-electron chi connectivity index (χ4n) is 3.83. The molecule has 3 aromatic carbocycles. The highest BCUT2D eigenvalue weighted by Gasteiger charge is 2.59. The minimum Gasteiger partial charge on any atom is -0.497 e. The minimum atomic E-state index is -1.94. The Hall–Kier alpha value is -3.44. The molecule has 2 atom stereocenters. The molecule has 0 radical (unpaired) electrons. The molecule has 0 bridgehead atoms. The third kappa shape index (κ3) is 3.19. The van der Waals surface area contributed by atoms with Crippen LogP contribution in [0.4, 0.5) is 5.69 Å². The number of carbonyl (C=O) groups is 2. The molecular weight excluding hydrogens is 366 g/mol. The Morgan fingerprint density at radius 2 is 1.48 bits per heavy atom. The first-order valence-electron chi connectivity index (χ1n) is 9.40. The van der Waals surface area contributed by atoms with Crippen LogP contribution in [0.2, 0.25) is 0 Å². The van der Waals surface area contributed by atoms with Crippen molar-refractivity contribution in [3.05, 3.63) is 96.1 Å². The van der Waals surface area contributed by atoms with Gasteiger partial charge in [-0.25, -0.2) is 4.90 Å². The fourth-order valence-corrected chi connectivity index (χ4v) is 3.83. The average molecular weight is 387 g/mol. The number of nitrogens with zero attached hydrogens (tertiary/aromatic N) is 1. The van der Waals surface area contributed by atoms with Gasteiger partial charge in [-0.15, -0.1) is 0 Å². The largest absolute Gasteiger partial charge is 0.497 e. The summed E-state index contributed by atoms with van der Waals surface area (Å²) in [5.41, 5.74) is -0.237. The number of methoxy groups -OCH3 is 1. The zero-order valence-electron chi connectivity index (χ0n) is 16.0. The first-order valence-corrected chi connectivity index (χ1v) is 9.40. The van der Waals surface area contributed by atoms with Gasteiger partial charge in [-0.05, 0) is 41.8 Å². The number of hydrogen-bond donors (Lipinski definition) is 1. The molecule has 0 unspecified atom stereocenters. The van der Waals surface area contributed by atoms with Gasteiger partial charge in [0.15, 0.2) is 5.60 Å². The molecule has 1 saturated heterocycles. The topological polar surface area (TPSA) is 66.8 Å². The highest BCUT2D eigenvalue weighted by atomic mass is 16.5. The Morgan fingerprint density at radius 1 is 0.897 bits per heavy atom. The molecule has 0 aromatic heterocycles. The average Bonchev–Trinajstić information content (AvgIpc) is 2.96. The molecule has 5 heteroatoms. The molecule has 5 nitrogen and oxygen atoms in total. The highest BCUT2D eigenvalue weighted by molar-refractivity contribution is 6.25. The smallest absolute Gasteiger partial charge is 0.271 e. The van der Waals surface area contributed by atoms with E-state index in [0.717, 1.165) is 10.5 Å². The number of imide groups is 1. The number of aliphatic hydroxyl groups is 1. The first kappa shape index (κ1) is 18.9. The molecule has 0 saturated carbocycles. The molecule has 3 aromatic rings. The minimum absolute atomic E-state index is 0.253. The molecule has 29 heavy (non-hydrogen) atoms. The van der Waals surface area contributed by atoms with Crippen LogP contribution in [0.3, 0.4) is 0 Å². The Balaban J connectivity index is 1.80. The molecule has 1 fully saturated rings. The number of benzene rings is 3. The van der Waals surface area contributed by atoms with Crippen molar-refractivity contribution in [1.29, 1.82) is 0 Å². The number of anilines is 1. The van der Waals surface area contributed by atoms with Gasteiger partial charge in [-0.2, -0.15) is 0 Å². The Morgan fingerprint density at radius 3 is 2.07 bits per heavy atom. The lowest BCUT2D eigenvalue weighted by atomic mass is 9.80. The molecule has 2 amide bonds. The number of amides is 2. The maximum Gasteiger partial charge on any atom is 0.271 e. The van der Waals surface area contributed by atoms with Crippen molar-refractivity contribution in [1.82, 2.24) is 0 Å². The number of carbonyl (C=O) groups excluding carboxylic acids is 2. The van der Waals surface area contributed by atoms with E-state index in [1.54, 1.807) is 55.6 Å². The molecule has 1 heterocycles. The van der Waals surface area contributed by atoms with E-state index in [1.807, 2.05) is 36.4 Å². The zero-order valence-corrected chi connectivity index (χ0v) is 16.0. The van der Waals surface area contributed by atoms with E-state index in [-0.39, 0.29) is 6.42 Å². The molecule has 146 valence electrons. The van der Waals surface area contributed by atoms with E-state index in [2.05, 4.69) is 0 Å². The monoisotopic (exact) mass is 387 g/mol. The van der Waals surface area contributed by atoms with Crippen molar-refractivity contribution in [2.45, 2.75) is 12.0 Å². The van der Waals surface area contributed by atoms with Crippen molar-refractivity contribution in [3.8, 4) is 5.75 Å². The van der Waals surface area contributed by atoms with Crippen LogP contribution in [-0.2, 0) is 21.6 Å². The van der Waals surface area contributed by atoms with Crippen molar-refractivity contribution in [2.24, 2.45) is 5.92 Å². The second-order valence-corrected chi connectivity index (χ2v) is 7.05. The van der Waals surface area contributed by atoms with Crippen molar-refractivity contribution in [3.63, 3.8) is 0 Å². The molecule has 0 aliphatic carbocycles. The molecule has 4 rings (SSSR count). The van der Waals surface area contributed by atoms with Gasteiger partial charge in [-0.3, -0.25) is 9.59 Å². The quantitative estimate of drug-likeness (QED) is 0.682. The van der Waals surface area contributed by atoms with E-state index in [4.69, 9.17) is 4.74 Å². The summed E-state index contributed by atoms with van der Waals surface area (Å²) in [6.07, 6.45) is 0.253. The molecule has 1 N–H and O–H groups in total. The lowest BCUT2D eigenvalue weighted by Gasteiger charge is -2.26. The summed E-state index contributed by atoms with van der Waals surface area (Å²) in [6, 6.07) is 24.7. The lowest BCUT2D eigenvalue weighted by molar-refractivity contribution is -0.139. The standard InChI is InChI=1S/C24H21NO4/c1-29-20-14-12-19(13-15-20)25-22(26)21(16-17-8-4-2-5-9-17)24(28,23(25)27)18-10-6-3-7-11-18/h2-15,21,28H,16H2,1H3/t21-,24-/m0/s1. The van der Waals surface area contributed by atoms with Crippen molar-refractivity contribution in [2.75, 3.05) is 12.0 Å². The maximum atomic E-state index is 13.4. The number of rotatable bonds is 5. The van der Waals surface area contributed by atoms with Gasteiger partial charge < -0.3 is 9.84 Å². The van der Waals surface area contributed by atoms with E-state index in [9.17, 15) is 14.7 Å². The van der Waals surface area contributed by atoms with Gasteiger partial charge >= 0.3 is 0 Å². The van der Waals surface area contributed by atoms with Gasteiger partial charge in [-0.1, -0.05) is 60.7 Å². The Labute approximate surface area is 169 Å². The summed E-state index contributed by atoms with van der Waals surface area (Å²) in [4.78, 5) is 27.9. The highest BCUT2D eigenvalue weighted by Crippen LogP contribution is 2.43. The summed E-state index contributed by atoms with van der Waals surface area (Å²) in [6.45, 7) is 0. The fraction of sp³-hybridized carbons (Fsp3) is 0.167. The first-order chi connectivity index (χ1) is 14.1. The second kappa shape index (κ2) is 7.53. The molecular formula is C24H21NO4. The van der Waals surface area contributed by atoms with E-state index in [1.165, 1.54) is 0 Å². The predicted octanol–water partition coefficient (Wildman–Crippen LogP) is 3.32. The van der Waals surface area contributed by atoms with E-state index in [0.29, 0.717) is 17.0 Å². The van der Waals surface area contributed by atoms with Crippen LogP contribution in [0, 0.1) is 5.92 Å². The summed E-state index contributed by atoms with van der Waals surface area (Å²) < 4.78 is 5.16. The normalized spacial score (nSPS) is 21.4. The van der Waals surface area contributed by atoms with Crippen LogP contribution in [0.25, 0.3) is 0 Å². The predicted molar refractivity (Wildman–Crippen MR) is 109 cm³/mol. The second-order valence-electron chi connectivity index (χ2n) is 7.05. The van der Waals surface area contributed by atoms with E-state index < -0.39 is 23.3 Å². The van der Waals surface area contributed by atoms with Crippen LogP contribution >= 0.6 is 0 Å². The van der Waals surface area contributed by atoms with Crippen LogP contribution in [0.1, 0.15) is 11.1 Å². The summed E-state index contributed by atoms with van der Waals surface area (Å²) in [7, 11) is 1.55. The van der Waals surface area contributed by atoms with Crippen molar-refractivity contribution < 1.29 is 19.4 Å². The van der Waals surface area contributed by atoms with Gasteiger partial charge in [0.2, 0.25) is 5.91 Å². The number of ether oxygens (including phenoxy) is 1. The number of hydrogen-bond acceptors (Lipinski definition) is 4. The van der Waals surface area contributed by atoms with Gasteiger partial charge in [0.25, 0.3) is 5.91 Å². The molecule has 1 aliphatic rings. The van der Waals surface area contributed by atoms with E-state index >= 15 is 0 Å². The summed E-state index contributed by atoms with van der Waals surface area (Å²) >= 11 is 0. The van der Waals surface area contributed by atoms with Gasteiger partial charge in [0.05, 0.1) is 18.7 Å². The van der Waals surface area contributed by atoms with Crippen molar-refractivity contribution >= 4 is 17.5 Å². The molecule has 0 spiro atoms. The zero-order chi connectivity index (χ0) is 20.4. The maximum absolute atomic E-state index is 13.4. The Kier molecular flexibility index (Phi) is 4.91. The lowest BCUT2D eigenvalue weighted by Crippen LogP contribution is -2.41. The SMILES string of the molecule is COc1ccc(N2C(=O)[C@H](Cc3ccccc3)[C@@](O)(c3ccccc3)C2=O)cc1. The van der Waals surface area contributed by atoms with Gasteiger partial charge in [0.1, 0.15) is 5.75 Å². The molecule has 1 aliphatic heterocycles. The van der Waals surface area contributed by atoms with Gasteiger partial charge in [0, 0.05) is 0 Å². The van der Waals surface area contributed by atoms with Crippen LogP contribution in [0.15, 0.2) is 84.9 Å². The van der Waals surface area contributed by atoms with Crippen LogP contribution in [0.5, 0.6) is 5.75 Å². The van der Waals surface area contributed by atoms with Crippen LogP contribution < -0.4 is 9.64 Å². The summed E-state index contributed by atoms with van der Waals surface area (Å²) in [5.74, 6) is -1.37. The summed E-state index contributed by atoms with van der Waals surface area (Å²) in [5, 5.41) is 11.6.